The predicted octanol–water partition coefficient (Wildman–Crippen LogP) is 3.41. The van der Waals surface area contributed by atoms with Crippen LogP contribution in [0.15, 0.2) is 24.3 Å². The van der Waals surface area contributed by atoms with Crippen molar-refractivity contribution in [3.63, 3.8) is 0 Å². The molecule has 128 valence electrons. The van der Waals surface area contributed by atoms with Gasteiger partial charge in [-0.15, -0.1) is 0 Å². The molecule has 0 fully saturated rings. The molecule has 0 saturated heterocycles. The SMILES string of the molecule is Cc1cc(C(=O)O)cc(C)c1O.Cc1cc(C(=O)O)cc(C)c1O. The number of carboxylic acid groups (broad SMARTS) is 2. The van der Waals surface area contributed by atoms with Crippen LogP contribution < -0.4 is 0 Å². The molecule has 0 unspecified atom stereocenters. The van der Waals surface area contributed by atoms with Gasteiger partial charge >= 0.3 is 11.9 Å². The first-order chi connectivity index (χ1) is 11.0. The van der Waals surface area contributed by atoms with Gasteiger partial charge in [0.1, 0.15) is 11.5 Å². The van der Waals surface area contributed by atoms with Crippen molar-refractivity contribution >= 4 is 11.9 Å². The Morgan fingerprint density at radius 3 is 1.00 bits per heavy atom. The highest BCUT2D eigenvalue weighted by Gasteiger charge is 2.08. The standard InChI is InChI=1S/2C9H10O3/c2*1-5-3-7(9(11)12)4-6(2)8(5)10/h2*3-4,10H,1-2H3,(H,11,12). The number of hydrogen-bond donors (Lipinski definition) is 4. The number of rotatable bonds is 2. The van der Waals surface area contributed by atoms with Crippen LogP contribution in [0.25, 0.3) is 0 Å². The van der Waals surface area contributed by atoms with Crippen LogP contribution in [0, 0.1) is 27.7 Å². The number of aryl methyl sites for hydroxylation is 4. The molecule has 0 bridgehead atoms. The van der Waals surface area contributed by atoms with Crippen molar-refractivity contribution in [3.8, 4) is 11.5 Å². The molecular weight excluding hydrogens is 312 g/mol. The molecule has 0 aliphatic carbocycles. The number of benzene rings is 2. The Morgan fingerprint density at radius 1 is 0.625 bits per heavy atom. The van der Waals surface area contributed by atoms with E-state index in [0.717, 1.165) is 0 Å². The average Bonchev–Trinajstić information content (AvgIpc) is 2.49. The van der Waals surface area contributed by atoms with Crippen LogP contribution in [0.4, 0.5) is 0 Å². The van der Waals surface area contributed by atoms with Crippen molar-refractivity contribution in [2.24, 2.45) is 0 Å². The smallest absolute Gasteiger partial charge is 0.335 e. The van der Waals surface area contributed by atoms with Crippen molar-refractivity contribution < 1.29 is 30.0 Å². The third kappa shape index (κ3) is 4.49. The monoisotopic (exact) mass is 332 g/mol. The summed E-state index contributed by atoms with van der Waals surface area (Å²) in [7, 11) is 0. The Kier molecular flexibility index (Phi) is 5.95. The summed E-state index contributed by atoms with van der Waals surface area (Å²) in [5.41, 5.74) is 2.78. The number of aromatic hydroxyl groups is 2. The molecule has 6 nitrogen and oxygen atoms in total. The molecule has 0 heterocycles. The summed E-state index contributed by atoms with van der Waals surface area (Å²) in [4.78, 5) is 21.1. The largest absolute Gasteiger partial charge is 0.507 e. The second-order valence-corrected chi connectivity index (χ2v) is 5.53. The normalized spacial score (nSPS) is 9.83. The fourth-order valence-corrected chi connectivity index (χ4v) is 2.16. The van der Waals surface area contributed by atoms with Crippen LogP contribution >= 0.6 is 0 Å². The van der Waals surface area contributed by atoms with Crippen LogP contribution in [0.5, 0.6) is 11.5 Å². The average molecular weight is 332 g/mol. The maximum atomic E-state index is 10.5. The van der Waals surface area contributed by atoms with Gasteiger partial charge in [-0.25, -0.2) is 9.59 Å². The lowest BCUT2D eigenvalue weighted by Gasteiger charge is -2.03. The fourth-order valence-electron chi connectivity index (χ4n) is 2.16. The second kappa shape index (κ2) is 7.50. The molecular formula is C18H20O6. The van der Waals surface area contributed by atoms with Gasteiger partial charge in [-0.2, -0.15) is 0 Å². The van der Waals surface area contributed by atoms with Crippen molar-refractivity contribution in [2.45, 2.75) is 27.7 Å². The first-order valence-corrected chi connectivity index (χ1v) is 7.11. The number of hydrogen-bond acceptors (Lipinski definition) is 4. The molecule has 2 rings (SSSR count). The minimum Gasteiger partial charge on any atom is -0.507 e. The maximum Gasteiger partial charge on any atom is 0.335 e. The lowest BCUT2D eigenvalue weighted by molar-refractivity contribution is 0.0686. The van der Waals surface area contributed by atoms with Crippen LogP contribution in [0.3, 0.4) is 0 Å². The maximum absolute atomic E-state index is 10.5. The zero-order valence-electron chi connectivity index (χ0n) is 13.9. The van der Waals surface area contributed by atoms with Crippen molar-refractivity contribution in [2.75, 3.05) is 0 Å². The molecule has 0 spiro atoms. The number of carbonyl (C=O) groups is 2. The molecule has 24 heavy (non-hydrogen) atoms. The van der Waals surface area contributed by atoms with E-state index in [1.165, 1.54) is 24.3 Å². The minimum absolute atomic E-state index is 0.167. The van der Waals surface area contributed by atoms with Crippen molar-refractivity contribution in [3.05, 3.63) is 57.6 Å². The predicted molar refractivity (Wildman–Crippen MR) is 89.1 cm³/mol. The minimum atomic E-state index is -0.971. The highest BCUT2D eigenvalue weighted by Crippen LogP contribution is 2.23. The summed E-state index contributed by atoms with van der Waals surface area (Å²) in [6.07, 6.45) is 0. The molecule has 2 aromatic rings. The topological polar surface area (TPSA) is 115 Å². The molecule has 0 aromatic heterocycles. The molecule has 2 aromatic carbocycles. The molecule has 0 atom stereocenters. The number of phenolic OH excluding ortho intramolecular Hbond substituents is 2. The molecule has 0 aliphatic heterocycles. The van der Waals surface area contributed by atoms with Gasteiger partial charge in [0, 0.05) is 0 Å². The van der Waals surface area contributed by atoms with Gasteiger partial charge in [-0.1, -0.05) is 0 Å². The summed E-state index contributed by atoms with van der Waals surface area (Å²) in [6.45, 7) is 6.70. The second-order valence-electron chi connectivity index (χ2n) is 5.53. The van der Waals surface area contributed by atoms with E-state index in [9.17, 15) is 19.8 Å². The number of phenols is 2. The van der Waals surface area contributed by atoms with Crippen LogP contribution in [0.1, 0.15) is 43.0 Å². The highest BCUT2D eigenvalue weighted by atomic mass is 16.4. The fraction of sp³-hybridized carbons (Fsp3) is 0.222. The summed E-state index contributed by atoms with van der Waals surface area (Å²) in [5, 5.41) is 35.9. The third-order valence-corrected chi connectivity index (χ3v) is 3.48. The molecule has 0 saturated carbocycles. The van der Waals surface area contributed by atoms with E-state index in [1.54, 1.807) is 27.7 Å². The van der Waals surface area contributed by atoms with Gasteiger partial charge in [-0.3, -0.25) is 0 Å². The van der Waals surface area contributed by atoms with Crippen LogP contribution in [-0.2, 0) is 0 Å². The molecule has 0 aliphatic rings. The van der Waals surface area contributed by atoms with Crippen LogP contribution in [0.2, 0.25) is 0 Å². The molecule has 4 N–H and O–H groups in total. The molecule has 0 radical (unpaired) electrons. The van der Waals surface area contributed by atoms with Gasteiger partial charge in [0.25, 0.3) is 0 Å². The van der Waals surface area contributed by atoms with E-state index in [0.29, 0.717) is 22.3 Å². The number of aromatic carboxylic acids is 2. The third-order valence-electron chi connectivity index (χ3n) is 3.48. The summed E-state index contributed by atoms with van der Waals surface area (Å²) in [5.74, 6) is -1.61. The van der Waals surface area contributed by atoms with Gasteiger partial charge in [-0.05, 0) is 74.2 Å². The van der Waals surface area contributed by atoms with E-state index in [2.05, 4.69) is 0 Å². The van der Waals surface area contributed by atoms with Crippen molar-refractivity contribution in [1.29, 1.82) is 0 Å². The molecule has 0 amide bonds. The highest BCUT2D eigenvalue weighted by molar-refractivity contribution is 5.89. The van der Waals surface area contributed by atoms with Gasteiger partial charge in [0.15, 0.2) is 0 Å². The summed E-state index contributed by atoms with van der Waals surface area (Å²) in [6, 6.07) is 5.80. The van der Waals surface area contributed by atoms with E-state index in [1.807, 2.05) is 0 Å². The van der Waals surface area contributed by atoms with Gasteiger partial charge in [0.05, 0.1) is 11.1 Å². The molecule has 6 heteroatoms. The van der Waals surface area contributed by atoms with E-state index < -0.39 is 11.9 Å². The Labute approximate surface area is 139 Å². The lowest BCUT2D eigenvalue weighted by atomic mass is 10.1. The Balaban J connectivity index is 0.000000240. The summed E-state index contributed by atoms with van der Waals surface area (Å²) < 4.78 is 0. The van der Waals surface area contributed by atoms with Crippen LogP contribution in [-0.4, -0.2) is 32.4 Å². The Morgan fingerprint density at radius 2 is 0.833 bits per heavy atom. The van der Waals surface area contributed by atoms with Crippen molar-refractivity contribution in [1.82, 2.24) is 0 Å². The van der Waals surface area contributed by atoms with E-state index >= 15 is 0 Å². The summed E-state index contributed by atoms with van der Waals surface area (Å²) >= 11 is 0. The Bertz CT molecular complexity index is 679. The van der Waals surface area contributed by atoms with Gasteiger partial charge in [0.2, 0.25) is 0 Å². The quantitative estimate of drug-likeness (QED) is 0.670. The van der Waals surface area contributed by atoms with E-state index in [-0.39, 0.29) is 22.6 Å². The number of carboxylic acids is 2. The zero-order chi connectivity index (χ0) is 18.6. The lowest BCUT2D eigenvalue weighted by Crippen LogP contribution is -1.97. The first-order valence-electron chi connectivity index (χ1n) is 7.11. The first kappa shape index (κ1) is 19.0. The zero-order valence-corrected chi connectivity index (χ0v) is 13.9. The van der Waals surface area contributed by atoms with E-state index in [4.69, 9.17) is 10.2 Å². The van der Waals surface area contributed by atoms with Gasteiger partial charge < -0.3 is 20.4 Å². The Hall–Kier alpha value is -3.02.